The highest BCUT2D eigenvalue weighted by molar-refractivity contribution is 5.88. The van der Waals surface area contributed by atoms with Crippen LogP contribution in [0.2, 0.25) is 0 Å². The van der Waals surface area contributed by atoms with Gasteiger partial charge >= 0.3 is 17.9 Å². The van der Waals surface area contributed by atoms with Crippen LogP contribution >= 0.6 is 0 Å². The molecule has 0 saturated carbocycles. The lowest BCUT2D eigenvalue weighted by atomic mass is 10.0. The number of hydrogen-bond donors (Lipinski definition) is 5. The molecule has 1 aliphatic rings. The molecule has 10 nitrogen and oxygen atoms in total. The summed E-state index contributed by atoms with van der Waals surface area (Å²) in [6, 6.07) is 15.7. The molecule has 2 aromatic carbocycles. The van der Waals surface area contributed by atoms with Crippen LogP contribution in [0.3, 0.4) is 0 Å². The quantitative estimate of drug-likeness (QED) is 0.171. The van der Waals surface area contributed by atoms with Crippen LogP contribution in [-0.4, -0.2) is 81.3 Å². The van der Waals surface area contributed by atoms with Crippen molar-refractivity contribution in [2.24, 2.45) is 0 Å². The van der Waals surface area contributed by atoms with E-state index in [-0.39, 0.29) is 6.42 Å². The maximum absolute atomic E-state index is 13.5. The number of nitrogens with one attached hydrogen (secondary N) is 2. The monoisotopic (exact) mass is 567 g/mol. The average molecular weight is 568 g/mol. The molecule has 4 unspecified atom stereocenters. The third-order valence-electron chi connectivity index (χ3n) is 7.56. The molecule has 4 atom stereocenters. The van der Waals surface area contributed by atoms with E-state index in [1.54, 1.807) is 0 Å². The van der Waals surface area contributed by atoms with Crippen LogP contribution in [-0.2, 0) is 32.0 Å². The van der Waals surface area contributed by atoms with Gasteiger partial charge < -0.3 is 25.5 Å². The second-order valence-electron chi connectivity index (χ2n) is 10.5. The van der Waals surface area contributed by atoms with E-state index in [4.69, 9.17) is 0 Å². The molecule has 10 heteroatoms. The lowest BCUT2D eigenvalue weighted by molar-refractivity contribution is -0.149. The number of likely N-dealkylation sites (tertiary alicyclic amines) is 1. The van der Waals surface area contributed by atoms with Gasteiger partial charge in [0, 0.05) is 6.54 Å². The Morgan fingerprint density at radius 1 is 0.756 bits per heavy atom. The minimum atomic E-state index is -1.07. The van der Waals surface area contributed by atoms with Gasteiger partial charge in [-0.1, -0.05) is 67.1 Å². The number of carbonyl (C=O) groups is 4. The largest absolute Gasteiger partial charge is 0.480 e. The number of unbranched alkanes of at least 4 members (excludes halogenated alkanes) is 1. The van der Waals surface area contributed by atoms with Crippen LogP contribution < -0.4 is 10.6 Å². The van der Waals surface area contributed by atoms with Gasteiger partial charge in [-0.25, -0.2) is 4.79 Å². The fraction of sp³-hybridized carbons (Fsp3) is 0.484. The van der Waals surface area contributed by atoms with Crippen molar-refractivity contribution in [1.29, 1.82) is 0 Å². The van der Waals surface area contributed by atoms with Gasteiger partial charge in [0.05, 0.1) is 6.04 Å². The van der Waals surface area contributed by atoms with E-state index in [2.05, 4.69) is 10.6 Å². The number of carboxylic acids is 3. The molecule has 0 aromatic heterocycles. The molecule has 1 aliphatic heterocycles. The molecule has 2 aromatic rings. The highest BCUT2D eigenvalue weighted by Crippen LogP contribution is 2.20. The fourth-order valence-electron chi connectivity index (χ4n) is 5.26. The Morgan fingerprint density at radius 3 is 1.85 bits per heavy atom. The Hall–Kier alpha value is -3.76. The molecule has 1 heterocycles. The Balaban J connectivity index is 1.58. The number of amides is 1. The van der Waals surface area contributed by atoms with Crippen LogP contribution in [0.5, 0.6) is 0 Å². The standard InChI is InChI=1S/C31H41N3O7/c35-28(34-21-9-15-27(34)31(40)41)24(33-26(30(38)39)19-17-23-12-5-2-6-13-23)14-7-8-20-32-25(29(36)37)18-16-22-10-3-1-4-11-22/h1-6,10-13,24-27,32-33H,7-9,14-21H2,(H,36,37)(H,38,39)(H,40,41). The molecular formula is C31H41N3O7. The summed E-state index contributed by atoms with van der Waals surface area (Å²) >= 11 is 0. The Bertz CT molecular complexity index is 1130. The zero-order chi connectivity index (χ0) is 29.6. The van der Waals surface area contributed by atoms with E-state index < -0.39 is 48.0 Å². The van der Waals surface area contributed by atoms with Gasteiger partial charge in [0.2, 0.25) is 5.91 Å². The van der Waals surface area contributed by atoms with Gasteiger partial charge in [0.1, 0.15) is 18.1 Å². The number of hydrogen-bond acceptors (Lipinski definition) is 6. The van der Waals surface area contributed by atoms with Gasteiger partial charge in [-0.2, -0.15) is 0 Å². The summed E-state index contributed by atoms with van der Waals surface area (Å²) in [6.45, 7) is 0.740. The van der Waals surface area contributed by atoms with E-state index in [0.717, 1.165) is 11.1 Å². The van der Waals surface area contributed by atoms with Crippen molar-refractivity contribution in [3.8, 4) is 0 Å². The van der Waals surface area contributed by atoms with Gasteiger partial charge in [-0.15, -0.1) is 0 Å². The molecule has 0 aliphatic carbocycles. The highest BCUT2D eigenvalue weighted by atomic mass is 16.4. The van der Waals surface area contributed by atoms with Gasteiger partial charge in [-0.05, 0) is 69.0 Å². The predicted molar refractivity (Wildman–Crippen MR) is 154 cm³/mol. The second kappa shape index (κ2) is 16.5. The zero-order valence-electron chi connectivity index (χ0n) is 23.3. The molecule has 0 bridgehead atoms. The summed E-state index contributed by atoms with van der Waals surface area (Å²) in [5.74, 6) is -3.46. The first kappa shape index (κ1) is 31.8. The van der Waals surface area contributed by atoms with Crippen LogP contribution in [0, 0.1) is 0 Å². The summed E-state index contributed by atoms with van der Waals surface area (Å²) in [5, 5.41) is 35.2. The third-order valence-corrected chi connectivity index (χ3v) is 7.56. The van der Waals surface area contributed by atoms with Crippen molar-refractivity contribution in [2.75, 3.05) is 13.1 Å². The maximum atomic E-state index is 13.5. The maximum Gasteiger partial charge on any atom is 0.326 e. The first-order chi connectivity index (χ1) is 19.8. The van der Waals surface area contributed by atoms with Gasteiger partial charge in [0.25, 0.3) is 0 Å². The van der Waals surface area contributed by atoms with Crippen molar-refractivity contribution < 1.29 is 34.5 Å². The van der Waals surface area contributed by atoms with Crippen molar-refractivity contribution in [2.45, 2.75) is 82.0 Å². The van der Waals surface area contributed by atoms with Gasteiger partial charge in [0.15, 0.2) is 0 Å². The Morgan fingerprint density at radius 2 is 1.32 bits per heavy atom. The molecule has 222 valence electrons. The average Bonchev–Trinajstić information content (AvgIpc) is 3.46. The topological polar surface area (TPSA) is 156 Å². The SMILES string of the molecule is O=C(O)C(CCc1ccccc1)NCCCCC(NC(CCc1ccccc1)C(=O)O)C(=O)N1CCCC1C(=O)O. The molecule has 0 spiro atoms. The molecule has 1 saturated heterocycles. The third kappa shape index (κ3) is 10.3. The minimum absolute atomic E-state index is 0.273. The van der Waals surface area contributed by atoms with Crippen LogP contribution in [0.15, 0.2) is 60.7 Å². The van der Waals surface area contributed by atoms with Crippen molar-refractivity contribution in [1.82, 2.24) is 15.5 Å². The Labute approximate surface area is 240 Å². The molecule has 41 heavy (non-hydrogen) atoms. The smallest absolute Gasteiger partial charge is 0.326 e. The van der Waals surface area contributed by atoms with Crippen LogP contribution in [0.25, 0.3) is 0 Å². The first-order valence-corrected chi connectivity index (χ1v) is 14.3. The Kier molecular flexibility index (Phi) is 12.8. The first-order valence-electron chi connectivity index (χ1n) is 14.3. The summed E-state index contributed by atoms with van der Waals surface area (Å²) < 4.78 is 0. The lowest BCUT2D eigenvalue weighted by Crippen LogP contribution is -2.54. The minimum Gasteiger partial charge on any atom is -0.480 e. The van der Waals surface area contributed by atoms with Crippen molar-refractivity contribution in [3.05, 3.63) is 71.8 Å². The summed E-state index contributed by atoms with van der Waals surface area (Å²) in [6.07, 6.45) is 4.21. The van der Waals surface area contributed by atoms with Gasteiger partial charge in [-0.3, -0.25) is 19.7 Å². The normalized spacial score (nSPS) is 17.1. The van der Waals surface area contributed by atoms with E-state index in [1.165, 1.54) is 4.90 Å². The van der Waals surface area contributed by atoms with Crippen LogP contribution in [0.4, 0.5) is 0 Å². The second-order valence-corrected chi connectivity index (χ2v) is 10.5. The number of carbonyl (C=O) groups excluding carboxylic acids is 1. The molecule has 5 N–H and O–H groups in total. The van der Waals surface area contributed by atoms with E-state index in [0.29, 0.717) is 64.5 Å². The molecule has 3 rings (SSSR count). The number of benzene rings is 2. The molecular weight excluding hydrogens is 526 g/mol. The molecule has 0 radical (unpaired) electrons. The fourth-order valence-corrected chi connectivity index (χ4v) is 5.26. The van der Waals surface area contributed by atoms with Crippen molar-refractivity contribution >= 4 is 23.8 Å². The summed E-state index contributed by atoms with van der Waals surface area (Å²) in [4.78, 5) is 50.4. The van der Waals surface area contributed by atoms with Crippen LogP contribution in [0.1, 0.15) is 56.1 Å². The molecule has 1 fully saturated rings. The summed E-state index contributed by atoms with van der Waals surface area (Å²) in [7, 11) is 0. The van der Waals surface area contributed by atoms with E-state index in [9.17, 15) is 34.5 Å². The number of nitrogens with zero attached hydrogens (tertiary/aromatic N) is 1. The van der Waals surface area contributed by atoms with Crippen molar-refractivity contribution in [3.63, 3.8) is 0 Å². The molecule has 1 amide bonds. The number of carboxylic acid groups (broad SMARTS) is 3. The summed E-state index contributed by atoms with van der Waals surface area (Å²) in [5.41, 5.74) is 2.05. The lowest BCUT2D eigenvalue weighted by Gasteiger charge is -2.29. The number of aliphatic carboxylic acids is 3. The van der Waals surface area contributed by atoms with E-state index in [1.807, 2.05) is 60.7 Å². The number of rotatable bonds is 18. The zero-order valence-corrected chi connectivity index (χ0v) is 23.3. The predicted octanol–water partition coefficient (Wildman–Crippen LogP) is 2.95. The number of aryl methyl sites for hydroxylation is 2. The highest BCUT2D eigenvalue weighted by Gasteiger charge is 2.38. The van der Waals surface area contributed by atoms with E-state index >= 15 is 0 Å².